The van der Waals surface area contributed by atoms with Gasteiger partial charge in [0.2, 0.25) is 11.8 Å². The van der Waals surface area contributed by atoms with Crippen molar-refractivity contribution in [3.63, 3.8) is 0 Å². The molecule has 3 N–H and O–H groups in total. The fourth-order valence-electron chi connectivity index (χ4n) is 4.44. The average Bonchev–Trinajstić information content (AvgIpc) is 3.25. The van der Waals surface area contributed by atoms with Crippen molar-refractivity contribution < 1.29 is 24.3 Å². The summed E-state index contributed by atoms with van der Waals surface area (Å²) < 4.78 is 6.02. The highest BCUT2D eigenvalue weighted by molar-refractivity contribution is 6.02. The molecule has 1 fully saturated rings. The van der Waals surface area contributed by atoms with Gasteiger partial charge in [0.1, 0.15) is 18.4 Å². The van der Waals surface area contributed by atoms with Crippen molar-refractivity contribution in [1.29, 1.82) is 0 Å². The van der Waals surface area contributed by atoms with Gasteiger partial charge in [0, 0.05) is 34.3 Å². The first kappa shape index (κ1) is 26.1. The number of nitrogens with one attached hydrogen (secondary N) is 2. The van der Waals surface area contributed by atoms with Crippen LogP contribution in [0.1, 0.15) is 38.4 Å². The lowest BCUT2D eigenvalue weighted by Gasteiger charge is -2.26. The Morgan fingerprint density at radius 2 is 1.86 bits per heavy atom. The van der Waals surface area contributed by atoms with Gasteiger partial charge in [0.15, 0.2) is 0 Å². The second-order valence-electron chi connectivity index (χ2n) is 10.3. The number of ether oxygens (including phenoxy) is 1. The highest BCUT2D eigenvalue weighted by atomic mass is 16.5. The Hall–Kier alpha value is -3.98. The third kappa shape index (κ3) is 5.72. The van der Waals surface area contributed by atoms with Crippen molar-refractivity contribution in [2.24, 2.45) is 11.3 Å². The summed E-state index contributed by atoms with van der Waals surface area (Å²) in [4.78, 5) is 44.2. The lowest BCUT2D eigenvalue weighted by atomic mass is 9.92. The van der Waals surface area contributed by atoms with Crippen molar-refractivity contribution in [2.75, 3.05) is 11.4 Å². The van der Waals surface area contributed by atoms with Gasteiger partial charge in [-0.15, -0.1) is 0 Å². The molecule has 1 saturated heterocycles. The normalized spacial score (nSPS) is 16.5. The Morgan fingerprint density at radius 3 is 2.54 bits per heavy atom. The predicted molar refractivity (Wildman–Crippen MR) is 139 cm³/mol. The van der Waals surface area contributed by atoms with Crippen LogP contribution in [-0.4, -0.2) is 40.5 Å². The van der Waals surface area contributed by atoms with Gasteiger partial charge < -0.3 is 15.0 Å². The Kier molecular flexibility index (Phi) is 7.45. The van der Waals surface area contributed by atoms with E-state index in [1.54, 1.807) is 55.4 Å². The minimum Gasteiger partial charge on any atom is -0.489 e. The zero-order valence-corrected chi connectivity index (χ0v) is 21.4. The number of pyridine rings is 1. The first-order chi connectivity index (χ1) is 17.6. The lowest BCUT2D eigenvalue weighted by molar-refractivity contribution is -0.140. The summed E-state index contributed by atoms with van der Waals surface area (Å²) >= 11 is 0. The molecule has 4 rings (SSSR count). The number of fused-ring (bicyclic) bond motifs is 1. The minimum absolute atomic E-state index is 0.296. The summed E-state index contributed by atoms with van der Waals surface area (Å²) in [5, 5.41) is 12.9. The molecular formula is C28H32N4O5. The first-order valence-electron chi connectivity index (χ1n) is 12.2. The van der Waals surface area contributed by atoms with Crippen molar-refractivity contribution in [2.45, 2.75) is 46.8 Å². The number of hydrogen-bond acceptors (Lipinski definition) is 6. The summed E-state index contributed by atoms with van der Waals surface area (Å²) in [6.45, 7) is 7.84. The molecule has 2 aromatic carbocycles. The van der Waals surface area contributed by atoms with Crippen LogP contribution in [0.4, 0.5) is 5.69 Å². The molecule has 0 bridgehead atoms. The van der Waals surface area contributed by atoms with Gasteiger partial charge in [-0.2, -0.15) is 0 Å². The van der Waals surface area contributed by atoms with Crippen LogP contribution in [0.3, 0.4) is 0 Å². The SMILES string of the molecule is Cc1cc(COc2ccc(N3CC[C@H]([C@H](NC(=O)C(C)(C)C)C(=O)NO)C3=O)cc2)c2ccccc2n1. The van der Waals surface area contributed by atoms with Crippen LogP contribution in [0.25, 0.3) is 10.9 Å². The molecule has 2 heterocycles. The van der Waals surface area contributed by atoms with Gasteiger partial charge in [0.05, 0.1) is 11.4 Å². The number of hydrogen-bond donors (Lipinski definition) is 3. The molecule has 0 aliphatic carbocycles. The van der Waals surface area contributed by atoms with E-state index in [0.29, 0.717) is 31.0 Å². The van der Waals surface area contributed by atoms with E-state index < -0.39 is 23.3 Å². The predicted octanol–water partition coefficient (Wildman–Crippen LogP) is 3.51. The van der Waals surface area contributed by atoms with Crippen LogP contribution in [0, 0.1) is 18.3 Å². The largest absolute Gasteiger partial charge is 0.489 e. The molecule has 2 atom stereocenters. The minimum atomic E-state index is -1.17. The number of hydroxylamine groups is 1. The molecular weight excluding hydrogens is 472 g/mol. The Bertz CT molecular complexity index is 1320. The number of nitrogens with zero attached hydrogens (tertiary/aromatic N) is 2. The average molecular weight is 505 g/mol. The molecule has 3 amide bonds. The molecule has 1 aliphatic rings. The standard InChI is InChI=1S/C28H32N4O5/c1-17-15-18(21-7-5-6-8-23(21)29-17)16-37-20-11-9-19(10-12-20)32-14-13-22(26(32)34)24(25(33)31-36)30-27(35)28(2,3)4/h5-12,15,22,24,36H,13-14,16H2,1-4H3,(H,30,35)(H,31,33)/t22-,24+/m1/s1. The number of carbonyl (C=O) groups is 3. The lowest BCUT2D eigenvalue weighted by Crippen LogP contribution is -2.54. The van der Waals surface area contributed by atoms with Gasteiger partial charge in [-0.05, 0) is 49.7 Å². The maximum Gasteiger partial charge on any atom is 0.266 e. The molecule has 0 saturated carbocycles. The maximum absolute atomic E-state index is 13.2. The number of benzene rings is 2. The Labute approximate surface area is 215 Å². The van der Waals surface area contributed by atoms with Gasteiger partial charge in [-0.3, -0.25) is 24.6 Å². The molecule has 1 aromatic heterocycles. The zero-order chi connectivity index (χ0) is 26.7. The van der Waals surface area contributed by atoms with E-state index in [1.807, 2.05) is 37.3 Å². The van der Waals surface area contributed by atoms with E-state index in [2.05, 4.69) is 10.3 Å². The topological polar surface area (TPSA) is 121 Å². The van der Waals surface area contributed by atoms with Crippen LogP contribution >= 0.6 is 0 Å². The van der Waals surface area contributed by atoms with Crippen molar-refractivity contribution >= 4 is 34.3 Å². The fourth-order valence-corrected chi connectivity index (χ4v) is 4.44. The molecule has 0 unspecified atom stereocenters. The molecule has 0 radical (unpaired) electrons. The van der Waals surface area contributed by atoms with Gasteiger partial charge >= 0.3 is 0 Å². The summed E-state index contributed by atoms with van der Waals surface area (Å²) in [5.74, 6) is -1.64. The number of anilines is 1. The van der Waals surface area contributed by atoms with Crippen molar-refractivity contribution in [1.82, 2.24) is 15.8 Å². The van der Waals surface area contributed by atoms with Crippen LogP contribution in [-0.2, 0) is 21.0 Å². The second-order valence-corrected chi connectivity index (χ2v) is 10.3. The first-order valence-corrected chi connectivity index (χ1v) is 12.2. The van der Waals surface area contributed by atoms with E-state index in [4.69, 9.17) is 4.74 Å². The van der Waals surface area contributed by atoms with E-state index in [-0.39, 0.29) is 11.8 Å². The number of carbonyl (C=O) groups excluding carboxylic acids is 3. The Balaban J connectivity index is 1.45. The molecule has 9 heteroatoms. The molecule has 1 aliphatic heterocycles. The van der Waals surface area contributed by atoms with Crippen molar-refractivity contribution in [3.8, 4) is 5.75 Å². The summed E-state index contributed by atoms with van der Waals surface area (Å²) in [6, 6.07) is 15.9. The summed E-state index contributed by atoms with van der Waals surface area (Å²) in [7, 11) is 0. The number of aryl methyl sites for hydroxylation is 1. The van der Waals surface area contributed by atoms with Crippen LogP contribution in [0.15, 0.2) is 54.6 Å². The van der Waals surface area contributed by atoms with E-state index in [9.17, 15) is 19.6 Å². The van der Waals surface area contributed by atoms with Gasteiger partial charge in [0.25, 0.3) is 5.91 Å². The second kappa shape index (κ2) is 10.6. The highest BCUT2D eigenvalue weighted by Gasteiger charge is 2.43. The van der Waals surface area contributed by atoms with Gasteiger partial charge in [-0.25, -0.2) is 5.48 Å². The third-order valence-corrected chi connectivity index (χ3v) is 6.48. The molecule has 37 heavy (non-hydrogen) atoms. The zero-order valence-electron chi connectivity index (χ0n) is 21.4. The van der Waals surface area contributed by atoms with E-state index >= 15 is 0 Å². The monoisotopic (exact) mass is 504 g/mol. The summed E-state index contributed by atoms with van der Waals surface area (Å²) in [6.07, 6.45) is 0.355. The number of rotatable bonds is 7. The number of para-hydroxylation sites is 1. The van der Waals surface area contributed by atoms with E-state index in [1.165, 1.54) is 0 Å². The fraction of sp³-hybridized carbons (Fsp3) is 0.357. The van der Waals surface area contributed by atoms with Crippen LogP contribution in [0.5, 0.6) is 5.75 Å². The highest BCUT2D eigenvalue weighted by Crippen LogP contribution is 2.30. The molecule has 0 spiro atoms. The van der Waals surface area contributed by atoms with Crippen LogP contribution in [0.2, 0.25) is 0 Å². The smallest absolute Gasteiger partial charge is 0.266 e. The third-order valence-electron chi connectivity index (χ3n) is 6.48. The van der Waals surface area contributed by atoms with Gasteiger partial charge in [-0.1, -0.05) is 39.0 Å². The maximum atomic E-state index is 13.2. The number of amides is 3. The molecule has 9 nitrogen and oxygen atoms in total. The quantitative estimate of drug-likeness (QED) is 0.335. The van der Waals surface area contributed by atoms with Crippen molar-refractivity contribution in [3.05, 3.63) is 65.9 Å². The summed E-state index contributed by atoms with van der Waals surface area (Å²) in [5.41, 5.74) is 4.36. The van der Waals surface area contributed by atoms with E-state index in [0.717, 1.165) is 22.2 Å². The molecule has 3 aromatic rings. The van der Waals surface area contributed by atoms with Crippen LogP contribution < -0.4 is 20.4 Å². The number of aromatic nitrogens is 1. The Morgan fingerprint density at radius 1 is 1.16 bits per heavy atom. The molecule has 194 valence electrons.